The third-order valence-electron chi connectivity index (χ3n) is 4.93. The van der Waals surface area contributed by atoms with E-state index in [2.05, 4.69) is 39.9 Å². The molecule has 0 fully saturated rings. The lowest BCUT2D eigenvalue weighted by Gasteiger charge is -2.08. The first-order valence-corrected chi connectivity index (χ1v) is 13.1. The normalized spacial score (nSPS) is 11.1. The van der Waals surface area contributed by atoms with Crippen molar-refractivity contribution in [3.8, 4) is 0 Å². The number of allylic oxidation sites excluding steroid dienone is 1. The molecular weight excluding hydrogens is 510 g/mol. The van der Waals surface area contributed by atoms with E-state index in [-0.39, 0.29) is 11.1 Å². The number of aliphatic hydroxyl groups is 1. The minimum Gasteiger partial charge on any atom is -0.502 e. The summed E-state index contributed by atoms with van der Waals surface area (Å²) in [5.41, 5.74) is 9.67. The number of nitrogens with zero attached hydrogens (tertiary/aromatic N) is 1. The van der Waals surface area contributed by atoms with Crippen LogP contribution in [-0.2, 0) is 18.9 Å². The van der Waals surface area contributed by atoms with E-state index in [0.29, 0.717) is 84.5 Å². The van der Waals surface area contributed by atoms with Crippen molar-refractivity contribution < 1.29 is 28.8 Å². The molecule has 0 saturated carbocycles. The highest BCUT2D eigenvalue weighted by Gasteiger charge is 2.02. The molecule has 0 heterocycles. The Kier molecular flexibility index (Phi) is 20.3. The first kappa shape index (κ1) is 33.1. The second kappa shape index (κ2) is 23.2. The van der Waals surface area contributed by atoms with Crippen molar-refractivity contribution in [2.24, 2.45) is 5.11 Å². The fraction of sp³-hybridized carbons (Fsp3) is 0.538. The molecule has 0 bridgehead atoms. The second-order valence-corrected chi connectivity index (χ2v) is 8.43. The summed E-state index contributed by atoms with van der Waals surface area (Å²) >= 11 is 4.54. The van der Waals surface area contributed by atoms with Crippen LogP contribution in [0.1, 0.15) is 31.2 Å². The number of carbonyl (C=O) groups is 1. The number of carbonyl (C=O) groups excluding carboxylic acids is 1. The Morgan fingerprint density at radius 3 is 2.11 bits per heavy atom. The largest absolute Gasteiger partial charge is 0.502 e. The number of rotatable bonds is 24. The summed E-state index contributed by atoms with van der Waals surface area (Å²) in [4.78, 5) is 12.0. The van der Waals surface area contributed by atoms with E-state index in [9.17, 15) is 4.79 Å². The van der Waals surface area contributed by atoms with Gasteiger partial charge in [0.1, 0.15) is 0 Å². The second-order valence-electron chi connectivity index (χ2n) is 7.96. The molecule has 0 aromatic heterocycles. The van der Waals surface area contributed by atoms with Gasteiger partial charge < -0.3 is 40.0 Å². The number of anilines is 1. The van der Waals surface area contributed by atoms with Crippen molar-refractivity contribution in [3.05, 3.63) is 48.3 Å². The van der Waals surface area contributed by atoms with Gasteiger partial charge in [-0.15, -0.1) is 0 Å². The lowest BCUT2D eigenvalue weighted by atomic mass is 10.2. The van der Waals surface area contributed by atoms with Crippen LogP contribution >= 0.6 is 12.2 Å². The Morgan fingerprint density at radius 1 is 0.921 bits per heavy atom. The molecule has 12 heteroatoms. The van der Waals surface area contributed by atoms with E-state index >= 15 is 0 Å². The van der Waals surface area contributed by atoms with Gasteiger partial charge in [-0.05, 0) is 49.2 Å². The highest BCUT2D eigenvalue weighted by atomic mass is 32.1. The van der Waals surface area contributed by atoms with Crippen LogP contribution in [0.3, 0.4) is 0 Å². The number of unbranched alkanes of at least 4 members (excludes halogenated alkanes) is 1. The smallest absolute Gasteiger partial charge is 0.319 e. The number of hydrogen-bond acceptors (Lipinski definition) is 9. The van der Waals surface area contributed by atoms with Gasteiger partial charge >= 0.3 is 6.03 Å². The van der Waals surface area contributed by atoms with Crippen LogP contribution in [0.15, 0.2) is 47.9 Å². The number of ether oxygens (including phenoxy) is 4. The number of nitrogens with one attached hydrogen (secondary N) is 4. The molecule has 1 aromatic rings. The Balaban J connectivity index is 1.92. The summed E-state index contributed by atoms with van der Waals surface area (Å²) < 4.78 is 21.5. The summed E-state index contributed by atoms with van der Waals surface area (Å²) in [6, 6.07) is 7.17. The van der Waals surface area contributed by atoms with Crippen LogP contribution in [0.25, 0.3) is 6.08 Å². The minimum atomic E-state index is -0.250. The third kappa shape index (κ3) is 19.2. The summed E-state index contributed by atoms with van der Waals surface area (Å²) in [5, 5.41) is 21.1. The zero-order chi connectivity index (χ0) is 27.7. The average Bonchev–Trinajstić information content (AvgIpc) is 2.91. The van der Waals surface area contributed by atoms with Crippen LogP contribution in [0.2, 0.25) is 0 Å². The van der Waals surface area contributed by atoms with E-state index in [1.165, 1.54) is 0 Å². The maximum atomic E-state index is 12.0. The van der Waals surface area contributed by atoms with Crippen molar-refractivity contribution in [1.82, 2.24) is 10.6 Å². The molecule has 212 valence electrons. The van der Waals surface area contributed by atoms with Gasteiger partial charge in [0.2, 0.25) is 0 Å². The topological polar surface area (TPSA) is 147 Å². The molecule has 0 atom stereocenters. The predicted octanol–water partition coefficient (Wildman–Crippen LogP) is 4.43. The number of benzene rings is 1. The summed E-state index contributed by atoms with van der Waals surface area (Å²) in [7, 11) is 0. The molecule has 0 unspecified atom stereocenters. The Hall–Kier alpha value is -2.90. The van der Waals surface area contributed by atoms with E-state index in [4.69, 9.17) is 29.6 Å². The number of thiocarbonyl (C=S) groups is 1. The van der Waals surface area contributed by atoms with Crippen LogP contribution in [-0.4, -0.2) is 82.1 Å². The van der Waals surface area contributed by atoms with Crippen LogP contribution in [0, 0.1) is 5.53 Å². The van der Waals surface area contributed by atoms with Gasteiger partial charge in [-0.3, -0.25) is 0 Å². The van der Waals surface area contributed by atoms with Crippen molar-refractivity contribution in [2.75, 3.05) is 71.3 Å². The van der Waals surface area contributed by atoms with Gasteiger partial charge in [0.25, 0.3) is 0 Å². The predicted molar refractivity (Wildman–Crippen MR) is 152 cm³/mol. The lowest BCUT2D eigenvalue weighted by molar-refractivity contribution is -0.000707. The van der Waals surface area contributed by atoms with Crippen molar-refractivity contribution in [1.29, 1.82) is 5.53 Å². The Morgan fingerprint density at radius 2 is 1.53 bits per heavy atom. The van der Waals surface area contributed by atoms with Gasteiger partial charge in [-0.1, -0.05) is 24.8 Å². The zero-order valence-electron chi connectivity index (χ0n) is 21.9. The molecule has 5 N–H and O–H groups in total. The Labute approximate surface area is 230 Å². The van der Waals surface area contributed by atoms with E-state index in [1.807, 2.05) is 24.3 Å². The van der Waals surface area contributed by atoms with Gasteiger partial charge in [0, 0.05) is 31.4 Å². The monoisotopic (exact) mass is 551 g/mol. The minimum absolute atomic E-state index is 0.0474. The van der Waals surface area contributed by atoms with Gasteiger partial charge in [-0.2, -0.15) is 5.11 Å². The molecule has 0 spiro atoms. The first-order chi connectivity index (χ1) is 18.5. The van der Waals surface area contributed by atoms with Crippen molar-refractivity contribution in [3.63, 3.8) is 0 Å². The molecular formula is C26H41N5O6S. The maximum absolute atomic E-state index is 12.0. The maximum Gasteiger partial charge on any atom is 0.319 e. The number of hydrogen-bond donors (Lipinski definition) is 5. The molecule has 0 aliphatic rings. The van der Waals surface area contributed by atoms with Gasteiger partial charge in [0.05, 0.1) is 58.6 Å². The fourth-order valence-corrected chi connectivity index (χ4v) is 3.00. The molecule has 38 heavy (non-hydrogen) atoms. The highest BCUT2D eigenvalue weighted by molar-refractivity contribution is 7.80. The van der Waals surface area contributed by atoms with Gasteiger partial charge in [-0.25, -0.2) is 10.3 Å². The number of urea groups is 1. The number of aliphatic hydroxyl groups excluding tert-OH is 1. The van der Waals surface area contributed by atoms with E-state index in [0.717, 1.165) is 24.1 Å². The SMILES string of the molecule is C=Cc1ccc(NC(=O)NCCCC/C(=C/NCCOCCOCCOCCOCCC(O)=S)N=N)cc1. The molecule has 1 aromatic carbocycles. The van der Waals surface area contributed by atoms with E-state index in [1.54, 1.807) is 12.3 Å². The van der Waals surface area contributed by atoms with E-state index < -0.39 is 0 Å². The van der Waals surface area contributed by atoms with Crippen LogP contribution in [0.5, 0.6) is 0 Å². The third-order valence-corrected chi connectivity index (χ3v) is 5.13. The summed E-state index contributed by atoms with van der Waals surface area (Å²) in [5.74, 6) is 0. The van der Waals surface area contributed by atoms with Crippen LogP contribution in [0.4, 0.5) is 10.5 Å². The molecule has 0 aliphatic carbocycles. The molecule has 0 radical (unpaired) electrons. The van der Waals surface area contributed by atoms with Crippen molar-refractivity contribution in [2.45, 2.75) is 25.7 Å². The highest BCUT2D eigenvalue weighted by Crippen LogP contribution is 2.10. The molecule has 2 amide bonds. The zero-order valence-corrected chi connectivity index (χ0v) is 22.7. The van der Waals surface area contributed by atoms with Crippen LogP contribution < -0.4 is 16.0 Å². The molecule has 0 saturated heterocycles. The summed E-state index contributed by atoms with van der Waals surface area (Å²) in [6.07, 6.45) is 6.04. The lowest BCUT2D eigenvalue weighted by Crippen LogP contribution is -2.29. The first-order valence-electron chi connectivity index (χ1n) is 12.6. The quantitative estimate of drug-likeness (QED) is 0.0721. The molecule has 11 nitrogen and oxygen atoms in total. The molecule has 0 aliphatic heterocycles. The number of amides is 2. The average molecular weight is 552 g/mol. The van der Waals surface area contributed by atoms with Crippen molar-refractivity contribution >= 4 is 35.1 Å². The Bertz CT molecular complexity index is 838. The van der Waals surface area contributed by atoms with Gasteiger partial charge in [0.15, 0.2) is 5.05 Å². The molecule has 1 rings (SSSR count). The fourth-order valence-electron chi connectivity index (χ4n) is 2.91. The standard InChI is InChI=1S/C26H41N5O6S/c1-2-22-6-8-23(9-7-22)30-26(33)29-11-4-3-5-24(31-27)21-28-12-14-35-16-18-37-20-19-36-17-15-34-13-10-25(32)38/h2,6-9,21,27-28H,1,3-5,10-20H2,(H,32,38)(H2,29,30,33)/b24-21-,31-27?. The summed E-state index contributed by atoms with van der Waals surface area (Å²) in [6.45, 7) is 8.55.